The van der Waals surface area contributed by atoms with Crippen LogP contribution < -0.4 is 5.19 Å². The Labute approximate surface area is 161 Å². The van der Waals surface area contributed by atoms with E-state index < -0.39 is 8.07 Å². The summed E-state index contributed by atoms with van der Waals surface area (Å²) in [5, 5.41) is 1.58. The number of allylic oxidation sites excluding steroid dienone is 1. The lowest BCUT2D eigenvalue weighted by Crippen LogP contribution is -2.47. The van der Waals surface area contributed by atoms with Gasteiger partial charge >= 0.3 is 7.12 Å². The van der Waals surface area contributed by atoms with Gasteiger partial charge in [0.2, 0.25) is 0 Å². The molecule has 26 heavy (non-hydrogen) atoms. The molecule has 1 aromatic carbocycles. The molecule has 0 N–H and O–H groups in total. The molecule has 2 atom stereocenters. The summed E-state index contributed by atoms with van der Waals surface area (Å²) in [6.45, 7) is 18.0. The molecule has 1 heterocycles. The number of hydrogen-bond donors (Lipinski definition) is 0. The second-order valence-corrected chi connectivity index (χ2v) is 14.6. The van der Waals surface area contributed by atoms with Crippen molar-refractivity contribution in [3.63, 3.8) is 0 Å². The van der Waals surface area contributed by atoms with Crippen LogP contribution in [-0.2, 0) is 9.31 Å². The first-order valence-corrected chi connectivity index (χ1v) is 13.2. The normalized spacial score (nSPS) is 28.2. The Morgan fingerprint density at radius 1 is 1.04 bits per heavy atom. The topological polar surface area (TPSA) is 18.5 Å². The lowest BCUT2D eigenvalue weighted by atomic mass is 9.67. The van der Waals surface area contributed by atoms with Gasteiger partial charge in [-0.25, -0.2) is 0 Å². The van der Waals surface area contributed by atoms with Gasteiger partial charge in [-0.05, 0) is 57.5 Å². The fraction of sp³-hybridized carbons (Fsp3) is 0.636. The smallest absolute Gasteiger partial charge is 0.400 e. The van der Waals surface area contributed by atoms with Crippen molar-refractivity contribution >= 4 is 20.4 Å². The maximum absolute atomic E-state index is 6.27. The molecule has 0 unspecified atom stereocenters. The first kappa shape index (κ1) is 19.9. The van der Waals surface area contributed by atoms with Gasteiger partial charge in [-0.15, -0.1) is 6.58 Å². The summed E-state index contributed by atoms with van der Waals surface area (Å²) < 4.78 is 12.5. The number of hydrogen-bond acceptors (Lipinski definition) is 2. The molecule has 1 saturated carbocycles. The van der Waals surface area contributed by atoms with Crippen molar-refractivity contribution in [2.45, 2.75) is 83.2 Å². The molecule has 2 fully saturated rings. The summed E-state index contributed by atoms with van der Waals surface area (Å²) in [5.74, 6) is 0.513. The summed E-state index contributed by atoms with van der Waals surface area (Å²) in [7, 11) is -1.74. The van der Waals surface area contributed by atoms with Gasteiger partial charge in [-0.2, -0.15) is 0 Å². The van der Waals surface area contributed by atoms with Gasteiger partial charge in [-0.3, -0.25) is 0 Å². The van der Waals surface area contributed by atoms with E-state index in [1.165, 1.54) is 25.7 Å². The third kappa shape index (κ3) is 3.61. The molecule has 0 amide bonds. The molecular weight excluding hydrogens is 335 g/mol. The average molecular weight is 370 g/mol. The molecule has 3 rings (SSSR count). The van der Waals surface area contributed by atoms with Gasteiger partial charge in [0.1, 0.15) is 0 Å². The summed E-state index contributed by atoms with van der Waals surface area (Å²) in [5.41, 5.74) is 1.38. The molecule has 142 valence electrons. The molecule has 1 aromatic rings. The fourth-order valence-corrected chi connectivity index (χ4v) is 7.79. The third-order valence-electron chi connectivity index (χ3n) is 7.29. The Morgan fingerprint density at radius 3 is 2.19 bits per heavy atom. The van der Waals surface area contributed by atoms with Gasteiger partial charge in [0.05, 0.1) is 19.3 Å². The fourth-order valence-electron chi connectivity index (χ4n) is 4.47. The third-order valence-corrected chi connectivity index (χ3v) is 11.7. The van der Waals surface area contributed by atoms with E-state index in [-0.39, 0.29) is 18.3 Å². The second kappa shape index (κ2) is 6.96. The zero-order valence-corrected chi connectivity index (χ0v) is 18.5. The highest BCUT2D eigenvalue weighted by Gasteiger charge is 2.53. The highest BCUT2D eigenvalue weighted by molar-refractivity contribution is 6.91. The zero-order valence-electron chi connectivity index (χ0n) is 17.5. The van der Waals surface area contributed by atoms with Crippen LogP contribution in [0.1, 0.15) is 53.4 Å². The van der Waals surface area contributed by atoms with Crippen LogP contribution >= 0.6 is 0 Å². The quantitative estimate of drug-likeness (QED) is 0.665. The van der Waals surface area contributed by atoms with Gasteiger partial charge in [0.15, 0.2) is 0 Å². The molecule has 2 nitrogen and oxygen atoms in total. The highest BCUT2D eigenvalue weighted by atomic mass is 28.3. The van der Waals surface area contributed by atoms with Gasteiger partial charge < -0.3 is 9.31 Å². The van der Waals surface area contributed by atoms with E-state index in [1.807, 2.05) is 0 Å². The Morgan fingerprint density at radius 2 is 1.62 bits per heavy atom. The first-order valence-electron chi connectivity index (χ1n) is 10.1. The molecule has 1 aliphatic carbocycles. The van der Waals surface area contributed by atoms with Crippen LogP contribution in [0.5, 0.6) is 0 Å². The van der Waals surface area contributed by atoms with Crippen molar-refractivity contribution in [2.75, 3.05) is 0 Å². The predicted octanol–water partition coefficient (Wildman–Crippen LogP) is 5.35. The minimum Gasteiger partial charge on any atom is -0.400 e. The molecule has 1 saturated heterocycles. The zero-order chi connectivity index (χ0) is 19.2. The van der Waals surface area contributed by atoms with Crippen molar-refractivity contribution in [3.8, 4) is 0 Å². The lowest BCUT2D eigenvalue weighted by Gasteiger charge is -2.40. The van der Waals surface area contributed by atoms with Crippen LogP contribution in [-0.4, -0.2) is 26.4 Å². The van der Waals surface area contributed by atoms with Gasteiger partial charge in [-0.1, -0.05) is 61.5 Å². The average Bonchev–Trinajstić information content (AvgIpc) is 2.83. The Hall–Kier alpha value is -0.838. The number of rotatable bonds is 4. The summed E-state index contributed by atoms with van der Waals surface area (Å²) in [6.07, 6.45) is 5.09. The minimum atomic E-state index is -1.49. The molecule has 0 spiro atoms. The maximum Gasteiger partial charge on any atom is 0.490 e. The molecule has 0 aromatic heterocycles. The van der Waals surface area contributed by atoms with Crippen molar-refractivity contribution in [2.24, 2.45) is 5.92 Å². The van der Waals surface area contributed by atoms with Gasteiger partial charge in [0, 0.05) is 0 Å². The predicted molar refractivity (Wildman–Crippen MR) is 114 cm³/mol. The first-order chi connectivity index (χ1) is 12.0. The molecule has 4 heteroatoms. The lowest BCUT2D eigenvalue weighted by molar-refractivity contribution is 0.00578. The number of benzene rings is 1. The summed E-state index contributed by atoms with van der Waals surface area (Å²) in [4.78, 5) is 0. The monoisotopic (exact) mass is 370 g/mol. The molecule has 1 aliphatic heterocycles. The molecule has 0 bridgehead atoms. The van der Waals surface area contributed by atoms with E-state index in [2.05, 4.69) is 77.7 Å². The molecular formula is C22H35BO2Si. The molecule has 2 aliphatic rings. The van der Waals surface area contributed by atoms with Crippen molar-refractivity contribution < 1.29 is 9.31 Å². The van der Waals surface area contributed by atoms with Crippen LogP contribution in [0.15, 0.2) is 42.4 Å². The SMILES string of the molecule is C=C(B1OC(C)(C)C(C)(C)O1)[C@@H]1CCC[C@H]([Si](C)(C)c2ccccc2)C1. The summed E-state index contributed by atoms with van der Waals surface area (Å²) in [6, 6.07) is 11.2. The van der Waals surface area contributed by atoms with Crippen LogP contribution in [0.3, 0.4) is 0 Å². The van der Waals surface area contributed by atoms with E-state index in [0.717, 1.165) is 11.0 Å². The van der Waals surface area contributed by atoms with Crippen molar-refractivity contribution in [3.05, 3.63) is 42.4 Å². The van der Waals surface area contributed by atoms with E-state index in [0.29, 0.717) is 5.92 Å². The minimum absolute atomic E-state index is 0.259. The van der Waals surface area contributed by atoms with Crippen LogP contribution in [0.2, 0.25) is 18.6 Å². The summed E-state index contributed by atoms with van der Waals surface area (Å²) >= 11 is 0. The van der Waals surface area contributed by atoms with Crippen LogP contribution in [0, 0.1) is 5.92 Å². The van der Waals surface area contributed by atoms with E-state index in [4.69, 9.17) is 9.31 Å². The Bertz CT molecular complexity index is 637. The van der Waals surface area contributed by atoms with E-state index in [9.17, 15) is 0 Å². The van der Waals surface area contributed by atoms with Gasteiger partial charge in [0.25, 0.3) is 0 Å². The Balaban J connectivity index is 1.72. The van der Waals surface area contributed by atoms with Crippen LogP contribution in [0.4, 0.5) is 0 Å². The van der Waals surface area contributed by atoms with Crippen molar-refractivity contribution in [1.82, 2.24) is 0 Å². The van der Waals surface area contributed by atoms with Crippen LogP contribution in [0.25, 0.3) is 0 Å². The van der Waals surface area contributed by atoms with Crippen molar-refractivity contribution in [1.29, 1.82) is 0 Å². The largest absolute Gasteiger partial charge is 0.490 e. The second-order valence-electron chi connectivity index (χ2n) is 9.81. The Kier molecular flexibility index (Phi) is 5.33. The van der Waals surface area contributed by atoms with E-state index >= 15 is 0 Å². The highest BCUT2D eigenvalue weighted by Crippen LogP contribution is 2.45. The van der Waals surface area contributed by atoms with E-state index in [1.54, 1.807) is 5.19 Å². The maximum atomic E-state index is 6.27. The standard InChI is InChI=1S/C22H35BO2Si/c1-17(23-24-21(2,3)22(4,5)25-23)18-12-11-15-20(16-18)26(6,7)19-13-9-8-10-14-19/h8-10,13-14,18,20H,1,11-12,15-16H2,2-7H3/t18-,20+/m1/s1. The molecule has 0 radical (unpaired) electrons.